The molecule has 0 spiro atoms. The first kappa shape index (κ1) is 18.3. The lowest BCUT2D eigenvalue weighted by Gasteiger charge is -2.27. The number of benzene rings is 1. The Balaban J connectivity index is 1.29. The number of aromatic nitrogens is 5. The van der Waals surface area contributed by atoms with Crippen molar-refractivity contribution in [2.24, 2.45) is 0 Å². The lowest BCUT2D eigenvalue weighted by molar-refractivity contribution is 0.102. The number of nitrogens with one attached hydrogen (secondary N) is 3. The minimum Gasteiger partial charge on any atom is -0.378 e. The van der Waals surface area contributed by atoms with Gasteiger partial charge in [0.15, 0.2) is 11.6 Å². The van der Waals surface area contributed by atoms with E-state index in [2.05, 4.69) is 35.4 Å². The number of hydrogen-bond acceptors (Lipinski definition) is 6. The Bertz CT molecular complexity index is 1190. The van der Waals surface area contributed by atoms with Crippen molar-refractivity contribution in [3.63, 3.8) is 0 Å². The largest absolute Gasteiger partial charge is 0.378 e. The molecule has 0 unspecified atom stereocenters. The van der Waals surface area contributed by atoms with Gasteiger partial charge in [-0.3, -0.25) is 9.89 Å². The molecule has 1 aliphatic rings. The normalized spacial score (nSPS) is 14.2. The molecule has 0 radical (unpaired) electrons. The zero-order chi connectivity index (χ0) is 20.5. The summed E-state index contributed by atoms with van der Waals surface area (Å²) in [6.45, 7) is 5.01. The number of fused-ring (bicyclic) bond motifs is 1. The van der Waals surface area contributed by atoms with E-state index in [1.54, 1.807) is 18.3 Å². The van der Waals surface area contributed by atoms with Crippen LogP contribution in [0, 0.1) is 6.92 Å². The topological polar surface area (TPSA) is 112 Å². The maximum absolute atomic E-state index is 12.6. The number of amides is 1. The second-order valence-corrected chi connectivity index (χ2v) is 7.23. The molecule has 0 bridgehead atoms. The van der Waals surface area contributed by atoms with Gasteiger partial charge in [0.05, 0.1) is 29.8 Å². The van der Waals surface area contributed by atoms with Gasteiger partial charge >= 0.3 is 0 Å². The Labute approximate surface area is 172 Å². The number of nitrogens with zero attached hydrogens (tertiary/aromatic N) is 4. The highest BCUT2D eigenvalue weighted by Crippen LogP contribution is 2.22. The Morgan fingerprint density at radius 2 is 2.03 bits per heavy atom. The minimum absolute atomic E-state index is 0.269. The maximum Gasteiger partial charge on any atom is 0.258 e. The van der Waals surface area contributed by atoms with Gasteiger partial charge in [0.25, 0.3) is 5.91 Å². The number of ether oxygens (including phenoxy) is 1. The van der Waals surface area contributed by atoms with Gasteiger partial charge in [0, 0.05) is 25.4 Å². The Hall–Kier alpha value is -3.72. The van der Waals surface area contributed by atoms with E-state index in [1.807, 2.05) is 31.2 Å². The predicted octanol–water partition coefficient (Wildman–Crippen LogP) is 2.75. The van der Waals surface area contributed by atoms with E-state index >= 15 is 0 Å². The SMILES string of the molecule is Cc1ccc2[nH]c(-c3cc(NC(=O)c4ccc(N5CCOCC5)nc4)n[nH]3)nc2c1. The molecule has 152 valence electrons. The average molecular weight is 403 g/mol. The van der Waals surface area contributed by atoms with Crippen molar-refractivity contribution >= 4 is 28.6 Å². The summed E-state index contributed by atoms with van der Waals surface area (Å²) in [7, 11) is 0. The quantitative estimate of drug-likeness (QED) is 0.483. The van der Waals surface area contributed by atoms with Crippen LogP contribution in [0.1, 0.15) is 15.9 Å². The van der Waals surface area contributed by atoms with E-state index in [0.717, 1.165) is 35.5 Å². The number of morpholine rings is 1. The molecule has 1 fully saturated rings. The number of hydrogen-bond donors (Lipinski definition) is 3. The molecular formula is C21H21N7O2. The monoisotopic (exact) mass is 403 g/mol. The first-order valence-corrected chi connectivity index (χ1v) is 9.78. The van der Waals surface area contributed by atoms with E-state index in [-0.39, 0.29) is 5.91 Å². The molecule has 5 rings (SSSR count). The van der Waals surface area contributed by atoms with Crippen LogP contribution >= 0.6 is 0 Å². The van der Waals surface area contributed by atoms with Gasteiger partial charge in [0.2, 0.25) is 0 Å². The number of pyridine rings is 1. The molecule has 1 saturated heterocycles. The van der Waals surface area contributed by atoms with E-state index in [4.69, 9.17) is 4.74 Å². The van der Waals surface area contributed by atoms with Crippen LogP contribution in [-0.4, -0.2) is 57.4 Å². The molecule has 3 aromatic heterocycles. The molecular weight excluding hydrogens is 382 g/mol. The van der Waals surface area contributed by atoms with Crippen LogP contribution in [0.5, 0.6) is 0 Å². The highest BCUT2D eigenvalue weighted by molar-refractivity contribution is 6.03. The fraction of sp³-hybridized carbons (Fsp3) is 0.238. The summed E-state index contributed by atoms with van der Waals surface area (Å²) >= 11 is 0. The van der Waals surface area contributed by atoms with Crippen LogP contribution in [0.2, 0.25) is 0 Å². The number of aromatic amines is 2. The third kappa shape index (κ3) is 3.62. The number of aryl methyl sites for hydroxylation is 1. The van der Waals surface area contributed by atoms with Gasteiger partial charge < -0.3 is 19.9 Å². The number of carbonyl (C=O) groups is 1. The zero-order valence-corrected chi connectivity index (χ0v) is 16.5. The molecule has 4 aromatic rings. The molecule has 9 nitrogen and oxygen atoms in total. The van der Waals surface area contributed by atoms with E-state index in [1.165, 1.54) is 0 Å². The van der Waals surface area contributed by atoms with E-state index in [0.29, 0.717) is 36.1 Å². The number of rotatable bonds is 4. The second-order valence-electron chi connectivity index (χ2n) is 7.23. The predicted molar refractivity (Wildman–Crippen MR) is 114 cm³/mol. The number of carbonyl (C=O) groups excluding carboxylic acids is 1. The van der Waals surface area contributed by atoms with Crippen molar-refractivity contribution in [2.45, 2.75) is 6.92 Å². The number of imidazole rings is 1. The fourth-order valence-corrected chi connectivity index (χ4v) is 3.44. The van der Waals surface area contributed by atoms with Crippen LogP contribution in [0.4, 0.5) is 11.6 Å². The summed E-state index contributed by atoms with van der Waals surface area (Å²) < 4.78 is 5.36. The molecule has 0 aliphatic carbocycles. The van der Waals surface area contributed by atoms with Crippen molar-refractivity contribution in [2.75, 3.05) is 36.5 Å². The van der Waals surface area contributed by atoms with Gasteiger partial charge in [-0.2, -0.15) is 5.10 Å². The Morgan fingerprint density at radius 3 is 2.83 bits per heavy atom. The molecule has 0 saturated carbocycles. The zero-order valence-electron chi connectivity index (χ0n) is 16.5. The maximum atomic E-state index is 12.6. The highest BCUT2D eigenvalue weighted by Gasteiger charge is 2.15. The Morgan fingerprint density at radius 1 is 1.17 bits per heavy atom. The van der Waals surface area contributed by atoms with Gasteiger partial charge in [0.1, 0.15) is 11.5 Å². The summed E-state index contributed by atoms with van der Waals surface area (Å²) in [6.07, 6.45) is 1.58. The highest BCUT2D eigenvalue weighted by atomic mass is 16.5. The van der Waals surface area contributed by atoms with Crippen LogP contribution in [0.25, 0.3) is 22.6 Å². The number of anilines is 2. The van der Waals surface area contributed by atoms with Gasteiger partial charge in [-0.25, -0.2) is 9.97 Å². The summed E-state index contributed by atoms with van der Waals surface area (Å²) in [5.41, 5.74) is 4.14. The second kappa shape index (κ2) is 7.60. The summed E-state index contributed by atoms with van der Waals surface area (Å²) in [5.74, 6) is 1.66. The molecule has 30 heavy (non-hydrogen) atoms. The van der Waals surface area contributed by atoms with Gasteiger partial charge in [-0.1, -0.05) is 6.07 Å². The third-order valence-corrected chi connectivity index (χ3v) is 5.06. The third-order valence-electron chi connectivity index (χ3n) is 5.06. The van der Waals surface area contributed by atoms with Crippen molar-refractivity contribution in [3.8, 4) is 11.5 Å². The standard InChI is InChI=1S/C21H21N7O2/c1-13-2-4-15-16(10-13)24-20(23-15)17-11-18(27-26-17)25-21(29)14-3-5-19(22-12-14)28-6-8-30-9-7-28/h2-5,10-12H,6-9H2,1H3,(H,23,24)(H2,25,26,27,29). The molecule has 3 N–H and O–H groups in total. The van der Waals surface area contributed by atoms with Gasteiger partial charge in [-0.15, -0.1) is 0 Å². The van der Waals surface area contributed by atoms with Crippen LogP contribution in [0.3, 0.4) is 0 Å². The van der Waals surface area contributed by atoms with E-state index < -0.39 is 0 Å². The molecule has 0 atom stereocenters. The Kier molecular flexibility index (Phi) is 4.64. The molecule has 9 heteroatoms. The van der Waals surface area contributed by atoms with Crippen molar-refractivity contribution in [3.05, 3.63) is 53.7 Å². The van der Waals surface area contributed by atoms with Crippen molar-refractivity contribution in [1.82, 2.24) is 25.1 Å². The average Bonchev–Trinajstić information content (AvgIpc) is 3.41. The smallest absolute Gasteiger partial charge is 0.258 e. The summed E-state index contributed by atoms with van der Waals surface area (Å²) in [5, 5.41) is 9.88. The minimum atomic E-state index is -0.269. The summed E-state index contributed by atoms with van der Waals surface area (Å²) in [4.78, 5) is 27.0. The lowest BCUT2D eigenvalue weighted by atomic mass is 10.2. The first-order valence-electron chi connectivity index (χ1n) is 9.78. The number of H-pyrrole nitrogens is 2. The fourth-order valence-electron chi connectivity index (χ4n) is 3.44. The summed E-state index contributed by atoms with van der Waals surface area (Å²) in [6, 6.07) is 11.4. The molecule has 1 aliphatic heterocycles. The lowest BCUT2D eigenvalue weighted by Crippen LogP contribution is -2.36. The van der Waals surface area contributed by atoms with Crippen LogP contribution < -0.4 is 10.2 Å². The first-order chi connectivity index (χ1) is 14.7. The van der Waals surface area contributed by atoms with Crippen molar-refractivity contribution in [1.29, 1.82) is 0 Å². The van der Waals surface area contributed by atoms with Crippen molar-refractivity contribution < 1.29 is 9.53 Å². The molecule has 1 amide bonds. The molecule has 4 heterocycles. The van der Waals surface area contributed by atoms with Crippen LogP contribution in [0.15, 0.2) is 42.6 Å². The molecule has 1 aromatic carbocycles. The van der Waals surface area contributed by atoms with Crippen LogP contribution in [-0.2, 0) is 4.74 Å². The van der Waals surface area contributed by atoms with Gasteiger partial charge in [-0.05, 0) is 36.8 Å². The van der Waals surface area contributed by atoms with E-state index in [9.17, 15) is 4.79 Å².